The lowest BCUT2D eigenvalue weighted by Gasteiger charge is -2.09. The molecule has 0 aliphatic carbocycles. The van der Waals surface area contributed by atoms with E-state index in [0.717, 1.165) is 33.8 Å². The number of pyridine rings is 1. The summed E-state index contributed by atoms with van der Waals surface area (Å²) < 4.78 is 5.55. The number of halogens is 1. The monoisotopic (exact) mass is 347 g/mol. The Hall–Kier alpha value is -3.04. The van der Waals surface area contributed by atoms with Crippen LogP contribution < -0.4 is 0 Å². The lowest BCUT2D eigenvalue weighted by atomic mass is 10.0. The van der Waals surface area contributed by atoms with E-state index in [1.807, 2.05) is 54.6 Å². The zero-order chi connectivity index (χ0) is 17.2. The van der Waals surface area contributed by atoms with Crippen LogP contribution in [-0.2, 0) is 0 Å². The van der Waals surface area contributed by atoms with Gasteiger partial charge in [-0.1, -0.05) is 35.9 Å². The fourth-order valence-corrected chi connectivity index (χ4v) is 2.91. The molecule has 3 nitrogen and oxygen atoms in total. The third-order valence-electron chi connectivity index (χ3n) is 3.89. The van der Waals surface area contributed by atoms with E-state index in [4.69, 9.17) is 21.0 Å². The van der Waals surface area contributed by atoms with Crippen molar-refractivity contribution in [2.45, 2.75) is 0 Å². The first-order valence-corrected chi connectivity index (χ1v) is 8.18. The molecule has 0 aliphatic heterocycles. The van der Waals surface area contributed by atoms with E-state index in [0.29, 0.717) is 5.02 Å². The van der Waals surface area contributed by atoms with Crippen LogP contribution in [-0.4, -0.2) is 10.1 Å². The highest BCUT2D eigenvalue weighted by molar-refractivity contribution is 6.30. The molecule has 0 amide bonds. The van der Waals surface area contributed by atoms with Crippen molar-refractivity contribution < 1.29 is 9.52 Å². The summed E-state index contributed by atoms with van der Waals surface area (Å²) in [6.45, 7) is 0. The van der Waals surface area contributed by atoms with Crippen molar-refractivity contribution in [2.75, 3.05) is 0 Å². The van der Waals surface area contributed by atoms with Crippen molar-refractivity contribution >= 4 is 11.6 Å². The minimum absolute atomic E-state index is 0.201. The van der Waals surface area contributed by atoms with Gasteiger partial charge in [-0.2, -0.15) is 0 Å². The van der Waals surface area contributed by atoms with Crippen LogP contribution in [0.15, 0.2) is 83.5 Å². The fourth-order valence-electron chi connectivity index (χ4n) is 2.72. The highest BCUT2D eigenvalue weighted by Gasteiger charge is 2.11. The van der Waals surface area contributed by atoms with Gasteiger partial charge in [-0.05, 0) is 48.5 Å². The molecule has 0 saturated carbocycles. The predicted octanol–water partition coefficient (Wildman–Crippen LogP) is 6.03. The Bertz CT molecular complexity index is 962. The van der Waals surface area contributed by atoms with Crippen LogP contribution in [0.3, 0.4) is 0 Å². The maximum atomic E-state index is 9.79. The van der Waals surface area contributed by atoms with Crippen LogP contribution in [0.2, 0.25) is 5.02 Å². The van der Waals surface area contributed by atoms with E-state index < -0.39 is 0 Å². The number of hydrogen-bond acceptors (Lipinski definition) is 3. The smallest absolute Gasteiger partial charge is 0.134 e. The third kappa shape index (κ3) is 3.28. The van der Waals surface area contributed by atoms with Crippen LogP contribution in [0.1, 0.15) is 0 Å². The van der Waals surface area contributed by atoms with E-state index in [-0.39, 0.29) is 5.75 Å². The molecule has 4 rings (SSSR count). The first-order valence-electron chi connectivity index (χ1n) is 7.80. The van der Waals surface area contributed by atoms with Crippen molar-refractivity contribution in [1.29, 1.82) is 0 Å². The van der Waals surface area contributed by atoms with Crippen LogP contribution in [0.4, 0.5) is 0 Å². The Morgan fingerprint density at radius 1 is 0.760 bits per heavy atom. The Morgan fingerprint density at radius 2 is 1.48 bits per heavy atom. The standard InChI is InChI=1S/C21H14ClNO2/c22-17-6-1-4-14(10-17)19-12-16(21-8-3-9-25-21)13-20(23-19)15-5-2-7-18(24)11-15/h1-13,24H. The van der Waals surface area contributed by atoms with Crippen molar-refractivity contribution in [3.8, 4) is 39.6 Å². The average molecular weight is 348 g/mol. The Labute approximate surface area is 150 Å². The van der Waals surface area contributed by atoms with Gasteiger partial charge in [-0.25, -0.2) is 4.98 Å². The molecule has 25 heavy (non-hydrogen) atoms. The number of furan rings is 1. The van der Waals surface area contributed by atoms with Gasteiger partial charge in [-0.15, -0.1) is 0 Å². The van der Waals surface area contributed by atoms with Gasteiger partial charge in [0.25, 0.3) is 0 Å². The first kappa shape index (κ1) is 15.5. The van der Waals surface area contributed by atoms with E-state index in [2.05, 4.69) is 0 Å². The van der Waals surface area contributed by atoms with Crippen molar-refractivity contribution in [3.63, 3.8) is 0 Å². The molecular weight excluding hydrogens is 334 g/mol. The second-order valence-electron chi connectivity index (χ2n) is 5.66. The number of phenols is 1. The molecule has 2 heterocycles. The normalized spacial score (nSPS) is 10.8. The van der Waals surface area contributed by atoms with Gasteiger partial charge >= 0.3 is 0 Å². The van der Waals surface area contributed by atoms with E-state index in [1.54, 1.807) is 24.5 Å². The molecule has 0 atom stereocenters. The molecule has 4 heteroatoms. The molecule has 1 N–H and O–H groups in total. The van der Waals surface area contributed by atoms with E-state index in [1.165, 1.54) is 0 Å². The van der Waals surface area contributed by atoms with Crippen molar-refractivity contribution in [3.05, 3.63) is 84.1 Å². The summed E-state index contributed by atoms with van der Waals surface area (Å²) in [5, 5.41) is 10.4. The maximum absolute atomic E-state index is 9.79. The molecule has 0 aliphatic rings. The van der Waals surface area contributed by atoms with E-state index in [9.17, 15) is 5.11 Å². The number of aromatic hydroxyl groups is 1. The van der Waals surface area contributed by atoms with Gasteiger partial charge < -0.3 is 9.52 Å². The predicted molar refractivity (Wildman–Crippen MR) is 99.5 cm³/mol. The topological polar surface area (TPSA) is 46.3 Å². The maximum Gasteiger partial charge on any atom is 0.134 e. The largest absolute Gasteiger partial charge is 0.508 e. The summed E-state index contributed by atoms with van der Waals surface area (Å²) in [4.78, 5) is 4.75. The molecule has 2 aromatic heterocycles. The summed E-state index contributed by atoms with van der Waals surface area (Å²) in [7, 11) is 0. The molecule has 4 aromatic rings. The first-order chi connectivity index (χ1) is 12.2. The summed E-state index contributed by atoms with van der Waals surface area (Å²) >= 11 is 6.13. The molecule has 0 bridgehead atoms. The van der Waals surface area contributed by atoms with Gasteiger partial charge in [0.05, 0.1) is 17.7 Å². The Balaban J connectivity index is 1.92. The molecule has 0 unspecified atom stereocenters. The van der Waals surface area contributed by atoms with Gasteiger partial charge in [0, 0.05) is 21.7 Å². The molecule has 0 radical (unpaired) electrons. The second-order valence-corrected chi connectivity index (χ2v) is 6.10. The summed E-state index contributed by atoms with van der Waals surface area (Å²) in [5.41, 5.74) is 4.20. The fraction of sp³-hybridized carbons (Fsp3) is 0. The SMILES string of the molecule is Oc1cccc(-c2cc(-c3ccco3)cc(-c3cccc(Cl)c3)n2)c1. The Kier molecular flexibility index (Phi) is 4.00. The number of hydrogen-bond donors (Lipinski definition) is 1. The minimum atomic E-state index is 0.201. The third-order valence-corrected chi connectivity index (χ3v) is 4.13. The molecule has 0 fully saturated rings. The van der Waals surface area contributed by atoms with Crippen molar-refractivity contribution in [2.24, 2.45) is 0 Å². The number of aromatic nitrogens is 1. The van der Waals surface area contributed by atoms with Gasteiger partial charge in [0.2, 0.25) is 0 Å². The average Bonchev–Trinajstić information content (AvgIpc) is 3.16. The number of benzene rings is 2. The van der Waals surface area contributed by atoms with Gasteiger partial charge in [0.1, 0.15) is 11.5 Å². The second kappa shape index (κ2) is 6.46. The molecule has 122 valence electrons. The van der Waals surface area contributed by atoms with Crippen molar-refractivity contribution in [1.82, 2.24) is 4.98 Å². The summed E-state index contributed by atoms with van der Waals surface area (Å²) in [5.74, 6) is 0.957. The molecule has 2 aromatic carbocycles. The summed E-state index contributed by atoms with van der Waals surface area (Å²) in [6.07, 6.45) is 1.64. The van der Waals surface area contributed by atoms with Gasteiger partial charge in [-0.3, -0.25) is 0 Å². The van der Waals surface area contributed by atoms with Gasteiger partial charge in [0.15, 0.2) is 0 Å². The lowest BCUT2D eigenvalue weighted by molar-refractivity contribution is 0.475. The van der Waals surface area contributed by atoms with Crippen LogP contribution in [0.25, 0.3) is 33.8 Å². The van der Waals surface area contributed by atoms with Crippen LogP contribution >= 0.6 is 11.6 Å². The van der Waals surface area contributed by atoms with Crippen LogP contribution in [0, 0.1) is 0 Å². The zero-order valence-electron chi connectivity index (χ0n) is 13.2. The number of rotatable bonds is 3. The quantitative estimate of drug-likeness (QED) is 0.491. The molecule has 0 spiro atoms. The number of nitrogens with zero attached hydrogens (tertiary/aromatic N) is 1. The zero-order valence-corrected chi connectivity index (χ0v) is 13.9. The van der Waals surface area contributed by atoms with Crippen LogP contribution in [0.5, 0.6) is 5.75 Å². The lowest BCUT2D eigenvalue weighted by Crippen LogP contribution is -1.90. The Morgan fingerprint density at radius 3 is 2.12 bits per heavy atom. The minimum Gasteiger partial charge on any atom is -0.508 e. The molecular formula is C21H14ClNO2. The highest BCUT2D eigenvalue weighted by Crippen LogP contribution is 2.32. The summed E-state index contributed by atoms with van der Waals surface area (Å²) in [6, 6.07) is 22.3. The number of phenolic OH excluding ortho intramolecular Hbond substituents is 1. The molecule has 0 saturated heterocycles. The van der Waals surface area contributed by atoms with E-state index >= 15 is 0 Å². The highest BCUT2D eigenvalue weighted by atomic mass is 35.5.